The first-order valence-corrected chi connectivity index (χ1v) is 13.3. The van der Waals surface area contributed by atoms with Gasteiger partial charge < -0.3 is 14.9 Å². The molecule has 0 radical (unpaired) electrons. The third kappa shape index (κ3) is 4.35. The number of hydrogen-bond acceptors (Lipinski definition) is 11. The fraction of sp³-hybridized carbons (Fsp3) is 0.750. The molecule has 0 unspecified atom stereocenters. The van der Waals surface area contributed by atoms with Crippen LogP contribution in [0.1, 0.15) is 18.2 Å². The van der Waals surface area contributed by atoms with E-state index >= 15 is 0 Å². The van der Waals surface area contributed by atoms with Crippen molar-refractivity contribution in [3.63, 3.8) is 0 Å². The van der Waals surface area contributed by atoms with Crippen LogP contribution in [0.3, 0.4) is 0 Å². The molecule has 0 bridgehead atoms. The van der Waals surface area contributed by atoms with Gasteiger partial charge in [-0.2, -0.15) is 5.06 Å². The normalized spacial score (nSPS) is 32.2. The monoisotopic (exact) mass is 483 g/mol. The Labute approximate surface area is 178 Å². The van der Waals surface area contributed by atoms with Gasteiger partial charge in [-0.3, -0.25) is 19.2 Å². The molecule has 2 aliphatic heterocycles. The second-order valence-electron chi connectivity index (χ2n) is 7.92. The molecule has 5 atom stereocenters. The smallest absolute Gasteiger partial charge is 0.330 e. The summed E-state index contributed by atoms with van der Waals surface area (Å²) in [5, 5.41) is 21.7. The number of nitrogens with zero attached hydrogens (tertiary/aromatic N) is 2. The zero-order valence-electron chi connectivity index (χ0n) is 17.1. The Hall–Kier alpha value is -1.62. The van der Waals surface area contributed by atoms with E-state index < -0.39 is 72.7 Å². The number of hydrogen-bond donors (Lipinski definition) is 3. The van der Waals surface area contributed by atoms with Crippen molar-refractivity contribution in [2.45, 2.75) is 42.8 Å². The lowest BCUT2D eigenvalue weighted by atomic mass is 9.86. The number of aryl methyl sites for hydroxylation is 1. The largest absolute Gasteiger partial charge is 0.394 e. The number of nitrogens with one attached hydrogen (secondary N) is 1. The highest BCUT2D eigenvalue weighted by molar-refractivity contribution is 7.91. The summed E-state index contributed by atoms with van der Waals surface area (Å²) in [6.07, 6.45) is -1.46. The minimum Gasteiger partial charge on any atom is -0.394 e. The number of aliphatic hydroxyl groups excluding tert-OH is 2. The van der Waals surface area contributed by atoms with E-state index in [1.165, 1.54) is 13.1 Å². The van der Waals surface area contributed by atoms with Gasteiger partial charge >= 0.3 is 5.69 Å². The number of hydroxylamine groups is 2. The Kier molecular flexibility index (Phi) is 6.25. The van der Waals surface area contributed by atoms with Gasteiger partial charge in [0, 0.05) is 37.2 Å². The van der Waals surface area contributed by atoms with Gasteiger partial charge in [0.2, 0.25) is 0 Å². The van der Waals surface area contributed by atoms with Crippen LogP contribution < -0.4 is 11.2 Å². The molecule has 3 rings (SSSR count). The molecule has 2 fully saturated rings. The number of aromatic amines is 1. The van der Waals surface area contributed by atoms with Gasteiger partial charge in [0.05, 0.1) is 12.4 Å². The summed E-state index contributed by atoms with van der Waals surface area (Å²) in [4.78, 5) is 32.0. The Morgan fingerprint density at radius 1 is 1.26 bits per heavy atom. The Morgan fingerprint density at radius 3 is 2.45 bits per heavy atom. The average molecular weight is 484 g/mol. The number of aromatic nitrogens is 2. The van der Waals surface area contributed by atoms with Crippen LogP contribution in [0.4, 0.5) is 0 Å². The molecule has 176 valence electrons. The molecule has 0 aromatic carbocycles. The topological polar surface area (TPSA) is 185 Å². The number of ether oxygens (including phenoxy) is 1. The summed E-state index contributed by atoms with van der Waals surface area (Å²) in [5.41, 5.74) is -4.58. The van der Waals surface area contributed by atoms with Crippen molar-refractivity contribution >= 4 is 19.7 Å². The molecule has 2 saturated heterocycles. The highest BCUT2D eigenvalue weighted by atomic mass is 32.2. The predicted molar refractivity (Wildman–Crippen MR) is 107 cm³/mol. The molecule has 1 aromatic heterocycles. The maximum absolute atomic E-state index is 12.5. The molecular weight excluding hydrogens is 458 g/mol. The molecule has 2 aliphatic rings. The van der Waals surface area contributed by atoms with Crippen molar-refractivity contribution in [1.29, 1.82) is 0 Å². The van der Waals surface area contributed by atoms with Crippen LogP contribution in [0.25, 0.3) is 0 Å². The lowest BCUT2D eigenvalue weighted by Crippen LogP contribution is -2.58. The van der Waals surface area contributed by atoms with Crippen molar-refractivity contribution < 1.29 is 36.6 Å². The van der Waals surface area contributed by atoms with E-state index in [0.717, 1.165) is 22.1 Å². The molecule has 0 saturated carbocycles. The number of sulfone groups is 2. The zero-order valence-corrected chi connectivity index (χ0v) is 18.7. The van der Waals surface area contributed by atoms with Crippen molar-refractivity contribution in [3.8, 4) is 0 Å². The number of rotatable bonds is 6. The summed E-state index contributed by atoms with van der Waals surface area (Å²) in [5.74, 6) is -0.436. The molecule has 1 spiro atoms. The van der Waals surface area contributed by atoms with Gasteiger partial charge in [-0.1, -0.05) is 0 Å². The summed E-state index contributed by atoms with van der Waals surface area (Å²) in [6.45, 7) is 0.430. The van der Waals surface area contributed by atoms with Crippen LogP contribution in [0.15, 0.2) is 15.8 Å². The van der Waals surface area contributed by atoms with Crippen LogP contribution in [0, 0.1) is 6.92 Å². The molecule has 13 nitrogen and oxygen atoms in total. The van der Waals surface area contributed by atoms with E-state index in [2.05, 4.69) is 4.98 Å². The third-order valence-electron chi connectivity index (χ3n) is 5.52. The molecule has 1 aromatic rings. The molecule has 3 heterocycles. The molecule has 15 heteroatoms. The predicted octanol–water partition coefficient (Wildman–Crippen LogP) is -3.11. The van der Waals surface area contributed by atoms with Crippen LogP contribution in [0.2, 0.25) is 0 Å². The summed E-state index contributed by atoms with van der Waals surface area (Å²) in [6, 6.07) is 0. The van der Waals surface area contributed by atoms with Crippen molar-refractivity contribution in [3.05, 3.63) is 32.6 Å². The summed E-state index contributed by atoms with van der Waals surface area (Å²) in [7, 11) is -7.33. The van der Waals surface area contributed by atoms with Gasteiger partial charge in [0.1, 0.15) is 27.6 Å². The average Bonchev–Trinajstić information content (AvgIpc) is 3.16. The quantitative estimate of drug-likeness (QED) is 0.372. The minimum atomic E-state index is -3.82. The Morgan fingerprint density at radius 2 is 1.90 bits per heavy atom. The molecule has 0 aliphatic carbocycles. The molecular formula is C16H25N3O10S2. The first kappa shape index (κ1) is 24.0. The van der Waals surface area contributed by atoms with Crippen molar-refractivity contribution in [2.24, 2.45) is 0 Å². The molecule has 3 N–H and O–H groups in total. The van der Waals surface area contributed by atoms with Gasteiger partial charge in [0.25, 0.3) is 5.56 Å². The number of H-pyrrole nitrogens is 1. The van der Waals surface area contributed by atoms with Crippen molar-refractivity contribution in [2.75, 3.05) is 31.4 Å². The van der Waals surface area contributed by atoms with E-state index in [9.17, 15) is 36.6 Å². The zero-order chi connectivity index (χ0) is 23.4. The highest BCUT2D eigenvalue weighted by Gasteiger charge is 2.66. The van der Waals surface area contributed by atoms with E-state index in [-0.39, 0.29) is 18.5 Å². The van der Waals surface area contributed by atoms with Gasteiger partial charge in [0.15, 0.2) is 21.5 Å². The van der Waals surface area contributed by atoms with Crippen molar-refractivity contribution in [1.82, 2.24) is 14.6 Å². The standard InChI is InChI=1S/C16H25N3O10S2/c1-9-7-18(15(23)17-13(9)22)14-16(12(21)10(8-20)28-14)6-11(31(3,26)27)29-19(16)4-5-30(2,24)25/h7,10-12,14,20-21H,4-6,8H2,1-3H3,(H,17,22,23)/t10-,11-,12-,14-,16+/m1/s1. The van der Waals surface area contributed by atoms with E-state index in [1.54, 1.807) is 0 Å². The fourth-order valence-electron chi connectivity index (χ4n) is 3.91. The highest BCUT2D eigenvalue weighted by Crippen LogP contribution is 2.50. The Bertz CT molecular complexity index is 1170. The second kappa shape index (κ2) is 8.06. The fourth-order valence-corrected chi connectivity index (χ4v) is 5.24. The summed E-state index contributed by atoms with van der Waals surface area (Å²) < 4.78 is 54.6. The maximum atomic E-state index is 12.5. The van der Waals surface area contributed by atoms with Gasteiger partial charge in [-0.25, -0.2) is 21.6 Å². The van der Waals surface area contributed by atoms with Gasteiger partial charge in [-0.05, 0) is 6.92 Å². The third-order valence-corrected chi connectivity index (χ3v) is 7.65. The van der Waals surface area contributed by atoms with Crippen LogP contribution in [-0.2, 0) is 29.2 Å². The van der Waals surface area contributed by atoms with Crippen LogP contribution >= 0.6 is 0 Å². The van der Waals surface area contributed by atoms with E-state index in [4.69, 9.17) is 9.57 Å². The first-order chi connectivity index (χ1) is 14.2. The van der Waals surface area contributed by atoms with Crippen LogP contribution in [0.5, 0.6) is 0 Å². The number of aliphatic hydroxyl groups is 2. The minimum absolute atomic E-state index is 0.140. The lowest BCUT2D eigenvalue weighted by Gasteiger charge is -2.38. The SMILES string of the molecule is Cc1cn([C@@H]2O[C@H](CO)[C@@H](O)[C@@]23C[C@@H](S(C)(=O)=O)ON3CCS(C)(=O)=O)c(=O)[nH]c1=O. The maximum Gasteiger partial charge on any atom is 0.330 e. The second-order valence-corrected chi connectivity index (χ2v) is 12.4. The lowest BCUT2D eigenvalue weighted by molar-refractivity contribution is -0.205. The molecule has 31 heavy (non-hydrogen) atoms. The van der Waals surface area contributed by atoms with E-state index in [1.807, 2.05) is 0 Å². The first-order valence-electron chi connectivity index (χ1n) is 9.28. The summed E-state index contributed by atoms with van der Waals surface area (Å²) >= 11 is 0. The Balaban J connectivity index is 2.19. The molecule has 0 amide bonds. The van der Waals surface area contributed by atoms with E-state index in [0.29, 0.717) is 0 Å². The van der Waals surface area contributed by atoms with Crippen LogP contribution in [-0.4, -0.2) is 96.3 Å². The van der Waals surface area contributed by atoms with Gasteiger partial charge in [-0.15, -0.1) is 0 Å².